The zero-order valence-electron chi connectivity index (χ0n) is 9.96. The second-order valence-electron chi connectivity index (χ2n) is 3.79. The zero-order valence-corrected chi connectivity index (χ0v) is 9.96. The maximum atomic E-state index is 11.3. The van der Waals surface area contributed by atoms with Crippen LogP contribution in [0.5, 0.6) is 0 Å². The molecule has 0 spiro atoms. The van der Waals surface area contributed by atoms with Crippen LogP contribution in [0.25, 0.3) is 10.9 Å². The van der Waals surface area contributed by atoms with E-state index < -0.39 is 12.0 Å². The monoisotopic (exact) mass is 246 g/mol. The number of ether oxygens (including phenoxy) is 1. The van der Waals surface area contributed by atoms with Crippen molar-refractivity contribution in [3.8, 4) is 0 Å². The van der Waals surface area contributed by atoms with Crippen LogP contribution in [0.4, 0.5) is 5.82 Å². The standard InChI is InChI=1S/C13H14N2O3/c1-18-13(17)11(8-16)15-12-7-6-9-4-2-3-5-10(9)14-12/h2-7,11,16H,8H2,1H3,(H,14,15)/t11-/m0/s1. The fraction of sp³-hybridized carbons (Fsp3) is 0.231. The lowest BCUT2D eigenvalue weighted by Gasteiger charge is -2.14. The van der Waals surface area contributed by atoms with Crippen LogP contribution >= 0.6 is 0 Å². The number of pyridine rings is 1. The van der Waals surface area contributed by atoms with Gasteiger partial charge >= 0.3 is 5.97 Å². The van der Waals surface area contributed by atoms with Crippen molar-refractivity contribution in [2.24, 2.45) is 0 Å². The van der Waals surface area contributed by atoms with Gasteiger partial charge in [-0.1, -0.05) is 18.2 Å². The van der Waals surface area contributed by atoms with E-state index >= 15 is 0 Å². The summed E-state index contributed by atoms with van der Waals surface area (Å²) in [5.74, 6) is 0.00519. The van der Waals surface area contributed by atoms with Crippen LogP contribution in [0.2, 0.25) is 0 Å². The molecule has 2 rings (SSSR count). The van der Waals surface area contributed by atoms with Crippen molar-refractivity contribution in [3.05, 3.63) is 36.4 Å². The highest BCUT2D eigenvalue weighted by molar-refractivity contribution is 5.82. The number of aliphatic hydroxyl groups is 1. The number of anilines is 1. The van der Waals surface area contributed by atoms with Crippen LogP contribution in [0.1, 0.15) is 0 Å². The van der Waals surface area contributed by atoms with E-state index in [0.29, 0.717) is 5.82 Å². The summed E-state index contributed by atoms with van der Waals surface area (Å²) in [6, 6.07) is 10.5. The zero-order chi connectivity index (χ0) is 13.0. The molecule has 0 saturated carbocycles. The van der Waals surface area contributed by atoms with Crippen molar-refractivity contribution in [2.45, 2.75) is 6.04 Å². The van der Waals surface area contributed by atoms with Crippen molar-refractivity contribution >= 4 is 22.7 Å². The van der Waals surface area contributed by atoms with Gasteiger partial charge in [0.05, 0.1) is 19.2 Å². The van der Waals surface area contributed by atoms with Crippen LogP contribution in [0.3, 0.4) is 0 Å². The van der Waals surface area contributed by atoms with E-state index in [1.165, 1.54) is 7.11 Å². The van der Waals surface area contributed by atoms with Crippen molar-refractivity contribution in [2.75, 3.05) is 19.0 Å². The fourth-order valence-corrected chi connectivity index (χ4v) is 1.65. The summed E-state index contributed by atoms with van der Waals surface area (Å²) in [4.78, 5) is 15.7. The minimum Gasteiger partial charge on any atom is -0.467 e. The van der Waals surface area contributed by atoms with Gasteiger partial charge in [-0.15, -0.1) is 0 Å². The maximum absolute atomic E-state index is 11.3. The van der Waals surface area contributed by atoms with Gasteiger partial charge in [-0.2, -0.15) is 0 Å². The Labute approximate surface area is 104 Å². The third-order valence-corrected chi connectivity index (χ3v) is 2.59. The van der Waals surface area contributed by atoms with Crippen LogP contribution in [-0.2, 0) is 9.53 Å². The first-order valence-corrected chi connectivity index (χ1v) is 5.55. The smallest absolute Gasteiger partial charge is 0.330 e. The van der Waals surface area contributed by atoms with Gasteiger partial charge in [0.25, 0.3) is 0 Å². The predicted octanol–water partition coefficient (Wildman–Crippen LogP) is 1.18. The Morgan fingerprint density at radius 3 is 2.89 bits per heavy atom. The molecule has 1 aromatic carbocycles. The summed E-state index contributed by atoms with van der Waals surface area (Å²) in [5.41, 5.74) is 0.823. The number of methoxy groups -OCH3 is 1. The highest BCUT2D eigenvalue weighted by atomic mass is 16.5. The fourth-order valence-electron chi connectivity index (χ4n) is 1.65. The van der Waals surface area contributed by atoms with Gasteiger partial charge in [-0.05, 0) is 18.2 Å². The van der Waals surface area contributed by atoms with E-state index in [4.69, 9.17) is 5.11 Å². The molecule has 0 amide bonds. The number of nitrogens with zero attached hydrogens (tertiary/aromatic N) is 1. The van der Waals surface area contributed by atoms with Crippen LogP contribution in [0.15, 0.2) is 36.4 Å². The molecule has 2 N–H and O–H groups in total. The second-order valence-corrected chi connectivity index (χ2v) is 3.79. The first-order chi connectivity index (χ1) is 8.74. The van der Waals surface area contributed by atoms with Crippen molar-refractivity contribution in [1.82, 2.24) is 4.98 Å². The number of para-hydroxylation sites is 1. The molecule has 1 atom stereocenters. The van der Waals surface area contributed by atoms with Gasteiger partial charge in [-0.3, -0.25) is 0 Å². The number of esters is 1. The van der Waals surface area contributed by atoms with Crippen LogP contribution < -0.4 is 5.32 Å². The number of hydrogen-bond acceptors (Lipinski definition) is 5. The maximum Gasteiger partial charge on any atom is 0.330 e. The second kappa shape index (κ2) is 5.46. The number of benzene rings is 1. The lowest BCUT2D eigenvalue weighted by molar-refractivity contribution is -0.142. The van der Waals surface area contributed by atoms with Gasteiger partial charge in [0.2, 0.25) is 0 Å². The molecule has 0 bridgehead atoms. The summed E-state index contributed by atoms with van der Waals surface area (Å²) in [6.07, 6.45) is 0. The number of rotatable bonds is 4. The molecule has 0 aliphatic carbocycles. The number of carbonyl (C=O) groups excluding carboxylic acids is 1. The molecule has 0 unspecified atom stereocenters. The Kier molecular flexibility index (Phi) is 3.74. The van der Waals surface area contributed by atoms with E-state index in [2.05, 4.69) is 15.0 Å². The third kappa shape index (κ3) is 2.57. The molecule has 2 aromatic rings. The Morgan fingerprint density at radius 2 is 2.17 bits per heavy atom. The summed E-state index contributed by atoms with van der Waals surface area (Å²) < 4.78 is 4.57. The summed E-state index contributed by atoms with van der Waals surface area (Å²) in [5, 5.41) is 13.0. The Balaban J connectivity index is 2.23. The predicted molar refractivity (Wildman–Crippen MR) is 68.3 cm³/mol. The van der Waals surface area contributed by atoms with Crippen LogP contribution in [0, 0.1) is 0 Å². The molecule has 5 heteroatoms. The van der Waals surface area contributed by atoms with Crippen molar-refractivity contribution in [1.29, 1.82) is 0 Å². The van der Waals surface area contributed by atoms with E-state index in [0.717, 1.165) is 10.9 Å². The molecule has 5 nitrogen and oxygen atoms in total. The van der Waals surface area contributed by atoms with Gasteiger partial charge in [0.1, 0.15) is 11.9 Å². The van der Waals surface area contributed by atoms with E-state index in [1.807, 2.05) is 30.3 Å². The van der Waals surface area contributed by atoms with Crippen LogP contribution in [-0.4, -0.2) is 35.8 Å². The largest absolute Gasteiger partial charge is 0.467 e. The highest BCUT2D eigenvalue weighted by Crippen LogP contribution is 2.15. The normalized spacial score (nSPS) is 12.1. The topological polar surface area (TPSA) is 71.5 Å². The minimum absolute atomic E-state index is 0.346. The molecule has 0 radical (unpaired) electrons. The molecular formula is C13H14N2O3. The molecule has 1 heterocycles. The SMILES string of the molecule is COC(=O)[C@H](CO)Nc1ccc2ccccc2n1. The molecule has 18 heavy (non-hydrogen) atoms. The van der Waals surface area contributed by atoms with E-state index in [9.17, 15) is 4.79 Å². The third-order valence-electron chi connectivity index (χ3n) is 2.59. The lowest BCUT2D eigenvalue weighted by atomic mass is 10.2. The Hall–Kier alpha value is -2.14. The van der Waals surface area contributed by atoms with Gasteiger partial charge in [0, 0.05) is 5.39 Å². The van der Waals surface area contributed by atoms with Crippen molar-refractivity contribution < 1.29 is 14.6 Å². The Morgan fingerprint density at radius 1 is 1.39 bits per heavy atom. The first kappa shape index (κ1) is 12.3. The van der Waals surface area contributed by atoms with Gasteiger partial charge < -0.3 is 15.2 Å². The number of hydrogen-bond donors (Lipinski definition) is 2. The number of aromatic nitrogens is 1. The van der Waals surface area contributed by atoms with Crippen molar-refractivity contribution in [3.63, 3.8) is 0 Å². The van der Waals surface area contributed by atoms with Gasteiger partial charge in [0.15, 0.2) is 0 Å². The average Bonchev–Trinajstić information content (AvgIpc) is 2.43. The first-order valence-electron chi connectivity index (χ1n) is 5.55. The molecule has 0 fully saturated rings. The minimum atomic E-state index is -0.802. The molecule has 94 valence electrons. The number of carbonyl (C=O) groups is 1. The number of aliphatic hydroxyl groups excluding tert-OH is 1. The number of fused-ring (bicyclic) bond motifs is 1. The molecular weight excluding hydrogens is 232 g/mol. The lowest BCUT2D eigenvalue weighted by Crippen LogP contribution is -2.34. The average molecular weight is 246 g/mol. The molecule has 1 aromatic heterocycles. The number of nitrogens with one attached hydrogen (secondary N) is 1. The molecule has 0 aliphatic rings. The molecule has 0 saturated heterocycles. The highest BCUT2D eigenvalue weighted by Gasteiger charge is 2.18. The van der Waals surface area contributed by atoms with E-state index in [-0.39, 0.29) is 6.61 Å². The summed E-state index contributed by atoms with van der Waals surface area (Å²) >= 11 is 0. The van der Waals surface area contributed by atoms with E-state index in [1.54, 1.807) is 6.07 Å². The summed E-state index contributed by atoms with van der Waals surface area (Å²) in [7, 11) is 1.28. The molecule has 0 aliphatic heterocycles. The quantitative estimate of drug-likeness (QED) is 0.793. The Bertz CT molecular complexity index is 557. The van der Waals surface area contributed by atoms with Gasteiger partial charge in [-0.25, -0.2) is 9.78 Å². The summed E-state index contributed by atoms with van der Waals surface area (Å²) in [6.45, 7) is -0.346.